The van der Waals surface area contributed by atoms with Gasteiger partial charge in [0.2, 0.25) is 0 Å². The largest absolute Gasteiger partial charge is 0.457 e. The first-order valence-electron chi connectivity index (χ1n) is 9.92. The molecule has 4 aromatic carbocycles. The highest BCUT2D eigenvalue weighted by Crippen LogP contribution is 2.33. The number of nitrogens with two attached hydrogens (primary N) is 2. The number of ether oxygens (including phenoxy) is 1. The standard InChI is InChI=1S/C26H20N4O/c27-19-8-6-18(7-9-19)26-25(17-4-2-1-3-5-17)30-24-16-22(14-15-23(24)29-26)31-21-12-10-20(28)11-13-21/h1-16H,27-28H2. The molecule has 0 bridgehead atoms. The van der Waals surface area contributed by atoms with Crippen LogP contribution in [0.2, 0.25) is 0 Å². The second-order valence-corrected chi connectivity index (χ2v) is 7.23. The van der Waals surface area contributed by atoms with E-state index in [9.17, 15) is 0 Å². The number of benzene rings is 4. The van der Waals surface area contributed by atoms with Crippen LogP contribution in [-0.2, 0) is 0 Å². The van der Waals surface area contributed by atoms with E-state index in [0.717, 1.165) is 33.5 Å². The molecule has 31 heavy (non-hydrogen) atoms. The minimum atomic E-state index is 0.686. The minimum Gasteiger partial charge on any atom is -0.457 e. The summed E-state index contributed by atoms with van der Waals surface area (Å²) in [5, 5.41) is 0. The molecule has 1 aromatic heterocycles. The zero-order valence-electron chi connectivity index (χ0n) is 16.7. The number of hydrogen-bond donors (Lipinski definition) is 2. The lowest BCUT2D eigenvalue weighted by atomic mass is 10.0. The smallest absolute Gasteiger partial charge is 0.129 e. The third-order valence-electron chi connectivity index (χ3n) is 4.98. The summed E-state index contributed by atoms with van der Waals surface area (Å²) < 4.78 is 5.98. The molecule has 150 valence electrons. The molecule has 1 heterocycles. The first-order valence-corrected chi connectivity index (χ1v) is 9.92. The molecule has 0 atom stereocenters. The van der Waals surface area contributed by atoms with E-state index in [4.69, 9.17) is 26.2 Å². The maximum absolute atomic E-state index is 5.98. The van der Waals surface area contributed by atoms with Gasteiger partial charge in [-0.3, -0.25) is 0 Å². The molecule has 5 aromatic rings. The van der Waals surface area contributed by atoms with Gasteiger partial charge in [-0.2, -0.15) is 0 Å². The van der Waals surface area contributed by atoms with Crippen LogP contribution in [0.4, 0.5) is 11.4 Å². The molecule has 0 aliphatic carbocycles. The fraction of sp³-hybridized carbons (Fsp3) is 0. The van der Waals surface area contributed by atoms with Crippen LogP contribution < -0.4 is 16.2 Å². The summed E-state index contributed by atoms with van der Waals surface area (Å²) in [5.41, 5.74) is 18.2. The van der Waals surface area contributed by atoms with Gasteiger partial charge in [-0.25, -0.2) is 9.97 Å². The number of aromatic nitrogens is 2. The molecule has 0 fully saturated rings. The molecule has 0 amide bonds. The average Bonchev–Trinajstić information content (AvgIpc) is 2.81. The van der Waals surface area contributed by atoms with Gasteiger partial charge in [-0.1, -0.05) is 42.5 Å². The van der Waals surface area contributed by atoms with Gasteiger partial charge in [0, 0.05) is 28.6 Å². The molecule has 5 heteroatoms. The number of nitrogen functional groups attached to an aromatic ring is 2. The van der Waals surface area contributed by atoms with Crippen LogP contribution in [0.1, 0.15) is 0 Å². The van der Waals surface area contributed by atoms with Gasteiger partial charge in [0.05, 0.1) is 22.4 Å². The van der Waals surface area contributed by atoms with E-state index in [0.29, 0.717) is 22.9 Å². The van der Waals surface area contributed by atoms with Gasteiger partial charge in [0.1, 0.15) is 11.5 Å². The zero-order valence-corrected chi connectivity index (χ0v) is 16.7. The molecule has 0 spiro atoms. The highest BCUT2D eigenvalue weighted by molar-refractivity contribution is 5.87. The lowest BCUT2D eigenvalue weighted by Crippen LogP contribution is -1.96. The maximum atomic E-state index is 5.98. The summed E-state index contributed by atoms with van der Waals surface area (Å²) in [5.74, 6) is 1.40. The fourth-order valence-corrected chi connectivity index (χ4v) is 3.41. The van der Waals surface area contributed by atoms with Crippen molar-refractivity contribution in [3.8, 4) is 34.0 Å². The van der Waals surface area contributed by atoms with E-state index in [2.05, 4.69) is 0 Å². The second-order valence-electron chi connectivity index (χ2n) is 7.23. The van der Waals surface area contributed by atoms with Crippen LogP contribution in [0.3, 0.4) is 0 Å². The van der Waals surface area contributed by atoms with Crippen LogP contribution in [0.25, 0.3) is 33.5 Å². The number of hydrogen-bond acceptors (Lipinski definition) is 5. The Hall–Kier alpha value is -4.38. The first kappa shape index (κ1) is 18.6. The summed E-state index contributed by atoms with van der Waals surface area (Å²) in [7, 11) is 0. The van der Waals surface area contributed by atoms with Crippen molar-refractivity contribution >= 4 is 22.4 Å². The van der Waals surface area contributed by atoms with Gasteiger partial charge >= 0.3 is 0 Å². The number of nitrogens with zero attached hydrogens (tertiary/aromatic N) is 2. The predicted octanol–water partition coefficient (Wildman–Crippen LogP) is 5.92. The summed E-state index contributed by atoms with van der Waals surface area (Å²) in [6, 6.07) is 30.7. The second kappa shape index (κ2) is 7.80. The monoisotopic (exact) mass is 404 g/mol. The molecule has 0 unspecified atom stereocenters. The van der Waals surface area contributed by atoms with Crippen LogP contribution in [0.15, 0.2) is 97.1 Å². The molecular formula is C26H20N4O. The van der Waals surface area contributed by atoms with Gasteiger partial charge in [0.15, 0.2) is 0 Å². The van der Waals surface area contributed by atoms with Crippen molar-refractivity contribution in [1.29, 1.82) is 0 Å². The van der Waals surface area contributed by atoms with Crippen LogP contribution in [0.5, 0.6) is 11.5 Å². The SMILES string of the molecule is Nc1ccc(Oc2ccc3nc(-c4ccc(N)cc4)c(-c4ccccc4)nc3c2)cc1. The highest BCUT2D eigenvalue weighted by atomic mass is 16.5. The molecular weight excluding hydrogens is 384 g/mol. The number of rotatable bonds is 4. The number of anilines is 2. The molecule has 5 rings (SSSR count). The van der Waals surface area contributed by atoms with Crippen molar-refractivity contribution < 1.29 is 4.74 Å². The van der Waals surface area contributed by atoms with Crippen LogP contribution >= 0.6 is 0 Å². The lowest BCUT2D eigenvalue weighted by molar-refractivity contribution is 0.483. The normalized spacial score (nSPS) is 10.8. The van der Waals surface area contributed by atoms with Gasteiger partial charge < -0.3 is 16.2 Å². The average molecular weight is 404 g/mol. The van der Waals surface area contributed by atoms with Gasteiger partial charge in [-0.05, 0) is 48.5 Å². The molecule has 0 radical (unpaired) electrons. The molecule has 4 N–H and O–H groups in total. The van der Waals surface area contributed by atoms with Crippen molar-refractivity contribution in [3.63, 3.8) is 0 Å². The Kier molecular flexibility index (Phi) is 4.69. The summed E-state index contributed by atoms with van der Waals surface area (Å²) in [6.07, 6.45) is 0. The summed E-state index contributed by atoms with van der Waals surface area (Å²) >= 11 is 0. The Bertz CT molecular complexity index is 1350. The van der Waals surface area contributed by atoms with E-state index in [1.807, 2.05) is 97.1 Å². The molecule has 5 nitrogen and oxygen atoms in total. The third-order valence-corrected chi connectivity index (χ3v) is 4.98. The number of fused-ring (bicyclic) bond motifs is 1. The molecule has 0 aliphatic rings. The Morgan fingerprint density at radius 1 is 0.516 bits per heavy atom. The van der Waals surface area contributed by atoms with Crippen LogP contribution in [0, 0.1) is 0 Å². The van der Waals surface area contributed by atoms with Gasteiger partial charge in [0.25, 0.3) is 0 Å². The topological polar surface area (TPSA) is 87.0 Å². The van der Waals surface area contributed by atoms with E-state index < -0.39 is 0 Å². The maximum Gasteiger partial charge on any atom is 0.129 e. The minimum absolute atomic E-state index is 0.686. The fourth-order valence-electron chi connectivity index (χ4n) is 3.41. The van der Waals surface area contributed by atoms with Crippen molar-refractivity contribution in [1.82, 2.24) is 9.97 Å². The van der Waals surface area contributed by atoms with Gasteiger partial charge in [-0.15, -0.1) is 0 Å². The Morgan fingerprint density at radius 2 is 1.06 bits per heavy atom. The van der Waals surface area contributed by atoms with E-state index in [1.54, 1.807) is 0 Å². The van der Waals surface area contributed by atoms with Crippen molar-refractivity contribution in [3.05, 3.63) is 97.1 Å². The van der Waals surface area contributed by atoms with Crippen molar-refractivity contribution in [2.75, 3.05) is 11.5 Å². The third kappa shape index (κ3) is 3.89. The molecule has 0 saturated carbocycles. The highest BCUT2D eigenvalue weighted by Gasteiger charge is 2.14. The predicted molar refractivity (Wildman–Crippen MR) is 126 cm³/mol. The van der Waals surface area contributed by atoms with E-state index in [1.165, 1.54) is 0 Å². The first-order chi connectivity index (χ1) is 15.2. The summed E-state index contributed by atoms with van der Waals surface area (Å²) in [6.45, 7) is 0. The van der Waals surface area contributed by atoms with E-state index >= 15 is 0 Å². The summed E-state index contributed by atoms with van der Waals surface area (Å²) in [4.78, 5) is 9.90. The Morgan fingerprint density at radius 3 is 1.74 bits per heavy atom. The molecule has 0 saturated heterocycles. The lowest BCUT2D eigenvalue weighted by Gasteiger charge is -2.12. The van der Waals surface area contributed by atoms with Crippen LogP contribution in [-0.4, -0.2) is 9.97 Å². The quantitative estimate of drug-likeness (QED) is 0.363. The van der Waals surface area contributed by atoms with Crippen molar-refractivity contribution in [2.24, 2.45) is 0 Å². The Labute approximate surface area is 180 Å². The van der Waals surface area contributed by atoms with E-state index in [-0.39, 0.29) is 0 Å². The van der Waals surface area contributed by atoms with Crippen molar-refractivity contribution in [2.45, 2.75) is 0 Å². The Balaban J connectivity index is 1.63. The molecule has 0 aliphatic heterocycles. The zero-order chi connectivity index (χ0) is 21.2.